The molecule has 110 valence electrons. The van der Waals surface area contributed by atoms with Crippen molar-refractivity contribution in [2.45, 2.75) is 38.3 Å². The van der Waals surface area contributed by atoms with Crippen molar-refractivity contribution in [1.29, 1.82) is 0 Å². The molecule has 0 aromatic carbocycles. The Hall–Kier alpha value is -1.14. The van der Waals surface area contributed by atoms with E-state index < -0.39 is 6.10 Å². The number of likely N-dealkylation sites (N-methyl/N-ethyl adjacent to an activating group) is 1. The van der Waals surface area contributed by atoms with Crippen molar-refractivity contribution in [2.24, 2.45) is 0 Å². The summed E-state index contributed by atoms with van der Waals surface area (Å²) in [5.74, 6) is -0.434. The van der Waals surface area contributed by atoms with Crippen molar-refractivity contribution >= 4 is 11.9 Å². The standard InChI is InChI=1S/C13H24N2O4/c1-4-19-13(18)6-5-12(17)15-9-11(16)7-10(15)8-14(2)3/h10-11,16H,4-9H2,1-3H3. The third-order valence-corrected chi connectivity index (χ3v) is 3.14. The molecule has 1 aliphatic rings. The van der Waals surface area contributed by atoms with Crippen molar-refractivity contribution < 1.29 is 19.4 Å². The zero-order valence-electron chi connectivity index (χ0n) is 12.0. The minimum absolute atomic E-state index is 0.0275. The van der Waals surface area contributed by atoms with Gasteiger partial charge in [0.25, 0.3) is 0 Å². The van der Waals surface area contributed by atoms with Gasteiger partial charge in [-0.2, -0.15) is 0 Å². The fourth-order valence-corrected chi connectivity index (χ4v) is 2.38. The third kappa shape index (κ3) is 5.16. The number of carbonyl (C=O) groups excluding carboxylic acids is 2. The van der Waals surface area contributed by atoms with Gasteiger partial charge < -0.3 is 19.6 Å². The SMILES string of the molecule is CCOC(=O)CCC(=O)N1CC(O)CC1CN(C)C. The van der Waals surface area contributed by atoms with E-state index in [1.807, 2.05) is 19.0 Å². The maximum absolute atomic E-state index is 12.1. The second-order valence-corrected chi connectivity index (χ2v) is 5.16. The van der Waals surface area contributed by atoms with Crippen molar-refractivity contribution in [2.75, 3.05) is 33.8 Å². The Kier molecular flexibility index (Phi) is 6.24. The zero-order valence-corrected chi connectivity index (χ0v) is 12.0. The van der Waals surface area contributed by atoms with Crippen LogP contribution in [0.4, 0.5) is 0 Å². The molecular weight excluding hydrogens is 248 g/mol. The monoisotopic (exact) mass is 272 g/mol. The Morgan fingerprint density at radius 3 is 2.63 bits per heavy atom. The number of carbonyl (C=O) groups is 2. The Labute approximate surface area is 114 Å². The Morgan fingerprint density at radius 2 is 2.05 bits per heavy atom. The minimum Gasteiger partial charge on any atom is -0.466 e. The Balaban J connectivity index is 2.47. The summed E-state index contributed by atoms with van der Waals surface area (Å²) in [6.45, 7) is 3.16. The van der Waals surface area contributed by atoms with Crippen LogP contribution >= 0.6 is 0 Å². The van der Waals surface area contributed by atoms with E-state index >= 15 is 0 Å². The smallest absolute Gasteiger partial charge is 0.306 e. The molecule has 2 unspecified atom stereocenters. The summed E-state index contributed by atoms with van der Waals surface area (Å²) in [7, 11) is 3.87. The minimum atomic E-state index is -0.462. The van der Waals surface area contributed by atoms with Crippen LogP contribution in [0.5, 0.6) is 0 Å². The predicted octanol–water partition coefficient (Wildman–Crippen LogP) is -0.147. The van der Waals surface area contributed by atoms with Gasteiger partial charge in [-0.25, -0.2) is 0 Å². The lowest BCUT2D eigenvalue weighted by atomic mass is 10.2. The van der Waals surface area contributed by atoms with Gasteiger partial charge in [0, 0.05) is 25.6 Å². The summed E-state index contributed by atoms with van der Waals surface area (Å²) >= 11 is 0. The summed E-state index contributed by atoms with van der Waals surface area (Å²) in [6.07, 6.45) is 0.392. The van der Waals surface area contributed by atoms with E-state index in [-0.39, 0.29) is 30.8 Å². The first kappa shape index (κ1) is 15.9. The number of aliphatic hydroxyl groups is 1. The molecule has 0 bridgehead atoms. The molecule has 1 amide bonds. The van der Waals surface area contributed by atoms with Crippen LogP contribution in [0, 0.1) is 0 Å². The van der Waals surface area contributed by atoms with E-state index in [2.05, 4.69) is 0 Å². The first-order chi connectivity index (χ1) is 8.93. The van der Waals surface area contributed by atoms with Crippen LogP contribution in [0.1, 0.15) is 26.2 Å². The van der Waals surface area contributed by atoms with Crippen molar-refractivity contribution in [3.63, 3.8) is 0 Å². The van der Waals surface area contributed by atoms with Gasteiger partial charge in [0.2, 0.25) is 5.91 Å². The van der Waals surface area contributed by atoms with Gasteiger partial charge in [-0.3, -0.25) is 9.59 Å². The van der Waals surface area contributed by atoms with E-state index in [1.54, 1.807) is 11.8 Å². The molecule has 0 aromatic heterocycles. The molecule has 1 fully saturated rings. The molecule has 1 saturated heterocycles. The molecule has 1 N–H and O–H groups in total. The molecule has 0 aromatic rings. The second kappa shape index (κ2) is 7.45. The summed E-state index contributed by atoms with van der Waals surface area (Å²) in [4.78, 5) is 27.0. The van der Waals surface area contributed by atoms with Gasteiger partial charge >= 0.3 is 5.97 Å². The molecule has 19 heavy (non-hydrogen) atoms. The highest BCUT2D eigenvalue weighted by molar-refractivity contribution is 5.81. The Bertz CT molecular complexity index is 320. The summed E-state index contributed by atoms with van der Waals surface area (Å²) < 4.78 is 4.80. The Morgan fingerprint density at radius 1 is 1.37 bits per heavy atom. The number of hydrogen-bond acceptors (Lipinski definition) is 5. The fourth-order valence-electron chi connectivity index (χ4n) is 2.38. The van der Waals surface area contributed by atoms with E-state index in [9.17, 15) is 14.7 Å². The lowest BCUT2D eigenvalue weighted by molar-refractivity contribution is -0.146. The molecule has 6 nitrogen and oxygen atoms in total. The first-order valence-corrected chi connectivity index (χ1v) is 6.72. The molecule has 1 aliphatic heterocycles. The summed E-state index contributed by atoms with van der Waals surface area (Å²) in [5.41, 5.74) is 0. The number of esters is 1. The number of amides is 1. The molecule has 0 saturated carbocycles. The van der Waals surface area contributed by atoms with Gasteiger partial charge in [0.15, 0.2) is 0 Å². The van der Waals surface area contributed by atoms with E-state index in [0.717, 1.165) is 6.54 Å². The van der Waals surface area contributed by atoms with Gasteiger partial charge in [0.05, 0.1) is 19.1 Å². The number of likely N-dealkylation sites (tertiary alicyclic amines) is 1. The van der Waals surface area contributed by atoms with E-state index in [0.29, 0.717) is 19.6 Å². The summed E-state index contributed by atoms with van der Waals surface area (Å²) in [6, 6.07) is 0.0275. The average Bonchev–Trinajstić information content (AvgIpc) is 2.66. The van der Waals surface area contributed by atoms with Gasteiger partial charge in [0.1, 0.15) is 0 Å². The van der Waals surface area contributed by atoms with Crippen molar-refractivity contribution in [1.82, 2.24) is 9.80 Å². The van der Waals surface area contributed by atoms with Gasteiger partial charge in [-0.1, -0.05) is 0 Å². The number of hydrogen-bond donors (Lipinski definition) is 1. The van der Waals surface area contributed by atoms with Gasteiger partial charge in [-0.05, 0) is 27.4 Å². The molecule has 6 heteroatoms. The van der Waals surface area contributed by atoms with Crippen molar-refractivity contribution in [3.8, 4) is 0 Å². The number of rotatable bonds is 6. The molecule has 1 rings (SSSR count). The van der Waals surface area contributed by atoms with Crippen LogP contribution in [0.3, 0.4) is 0 Å². The lowest BCUT2D eigenvalue weighted by Crippen LogP contribution is -2.41. The fraction of sp³-hybridized carbons (Fsp3) is 0.846. The molecule has 1 heterocycles. The van der Waals surface area contributed by atoms with Crippen LogP contribution in [-0.2, 0) is 14.3 Å². The lowest BCUT2D eigenvalue weighted by Gasteiger charge is -2.26. The number of aliphatic hydroxyl groups excluding tert-OH is 1. The van der Waals surface area contributed by atoms with Gasteiger partial charge in [-0.15, -0.1) is 0 Å². The van der Waals surface area contributed by atoms with Crippen LogP contribution in [0.25, 0.3) is 0 Å². The highest BCUT2D eigenvalue weighted by Gasteiger charge is 2.34. The topological polar surface area (TPSA) is 70.1 Å². The normalized spacial score (nSPS) is 22.9. The highest BCUT2D eigenvalue weighted by Crippen LogP contribution is 2.20. The van der Waals surface area contributed by atoms with E-state index in [4.69, 9.17) is 4.74 Å². The average molecular weight is 272 g/mol. The van der Waals surface area contributed by atoms with E-state index in [1.165, 1.54) is 0 Å². The predicted molar refractivity (Wildman–Crippen MR) is 70.5 cm³/mol. The molecule has 0 radical (unpaired) electrons. The van der Waals surface area contributed by atoms with Crippen LogP contribution < -0.4 is 0 Å². The highest BCUT2D eigenvalue weighted by atomic mass is 16.5. The summed E-state index contributed by atoms with van der Waals surface area (Å²) in [5, 5.41) is 9.69. The molecule has 0 aliphatic carbocycles. The maximum Gasteiger partial charge on any atom is 0.306 e. The second-order valence-electron chi connectivity index (χ2n) is 5.16. The quantitative estimate of drug-likeness (QED) is 0.681. The molecule has 0 spiro atoms. The van der Waals surface area contributed by atoms with Crippen LogP contribution in [-0.4, -0.2) is 72.7 Å². The number of β-amino-alcohol motifs (C(OH)–C–C–N with tert-alkyl or cyclic N) is 1. The van der Waals surface area contributed by atoms with Crippen LogP contribution in [0.15, 0.2) is 0 Å². The van der Waals surface area contributed by atoms with Crippen LogP contribution in [0.2, 0.25) is 0 Å². The number of ether oxygens (including phenoxy) is 1. The molecular formula is C13H24N2O4. The molecule has 2 atom stereocenters. The maximum atomic E-state index is 12.1. The third-order valence-electron chi connectivity index (χ3n) is 3.14. The zero-order chi connectivity index (χ0) is 14.4. The number of nitrogens with zero attached hydrogens (tertiary/aromatic N) is 2. The first-order valence-electron chi connectivity index (χ1n) is 6.72. The van der Waals surface area contributed by atoms with Crippen molar-refractivity contribution in [3.05, 3.63) is 0 Å². The largest absolute Gasteiger partial charge is 0.466 e.